The summed E-state index contributed by atoms with van der Waals surface area (Å²) in [5.41, 5.74) is 3.06. The number of benzene rings is 1. The lowest BCUT2D eigenvalue weighted by molar-refractivity contribution is -0.121. The molecule has 0 aliphatic carbocycles. The lowest BCUT2D eigenvalue weighted by Crippen LogP contribution is -2.29. The van der Waals surface area contributed by atoms with E-state index in [-0.39, 0.29) is 11.9 Å². The van der Waals surface area contributed by atoms with E-state index in [0.29, 0.717) is 6.42 Å². The molecule has 0 aliphatic rings. The van der Waals surface area contributed by atoms with Gasteiger partial charge in [-0.15, -0.1) is 11.3 Å². The van der Waals surface area contributed by atoms with Gasteiger partial charge in [-0.05, 0) is 35.6 Å². The molecule has 0 radical (unpaired) electrons. The summed E-state index contributed by atoms with van der Waals surface area (Å²) in [6.07, 6.45) is 1.16. The van der Waals surface area contributed by atoms with Gasteiger partial charge in [0.1, 0.15) is 5.01 Å². The number of hydrogen-bond acceptors (Lipinski definition) is 4. The number of aromatic nitrogens is 1. The second-order valence-electron chi connectivity index (χ2n) is 5.41. The molecule has 0 spiro atoms. The van der Waals surface area contributed by atoms with Gasteiger partial charge in [-0.2, -0.15) is 11.3 Å². The highest BCUT2D eigenvalue weighted by atomic mass is 79.9. The molecular formula is C18H17BrN2OS2. The Balaban J connectivity index is 1.63. The maximum atomic E-state index is 12.4. The molecule has 3 aromatic rings. The lowest BCUT2D eigenvalue weighted by atomic mass is 10.0. The molecule has 1 aromatic carbocycles. The van der Waals surface area contributed by atoms with E-state index in [9.17, 15) is 4.79 Å². The van der Waals surface area contributed by atoms with Crippen LogP contribution in [0.5, 0.6) is 0 Å². The van der Waals surface area contributed by atoms with Crippen LogP contribution in [0.2, 0.25) is 0 Å². The van der Waals surface area contributed by atoms with Crippen molar-refractivity contribution in [3.05, 3.63) is 62.2 Å². The smallest absolute Gasteiger partial charge is 0.226 e. The predicted octanol–water partition coefficient (Wildman–Crippen LogP) is 5.44. The number of carbonyl (C=O) groups excluding carboxylic acids is 1. The molecule has 1 N–H and O–H groups in total. The molecule has 124 valence electrons. The van der Waals surface area contributed by atoms with E-state index < -0.39 is 0 Å². The van der Waals surface area contributed by atoms with Crippen molar-refractivity contribution in [2.45, 2.75) is 25.8 Å². The van der Waals surface area contributed by atoms with Crippen LogP contribution in [0.4, 0.5) is 0 Å². The van der Waals surface area contributed by atoms with E-state index in [1.165, 1.54) is 0 Å². The fourth-order valence-corrected chi connectivity index (χ4v) is 4.23. The Bertz CT molecular complexity index is 797. The molecule has 6 heteroatoms. The van der Waals surface area contributed by atoms with Crippen molar-refractivity contribution in [1.29, 1.82) is 0 Å². The number of carbonyl (C=O) groups is 1. The van der Waals surface area contributed by atoms with Gasteiger partial charge in [0.15, 0.2) is 0 Å². The molecule has 3 nitrogen and oxygen atoms in total. The fourth-order valence-electron chi connectivity index (χ4n) is 2.43. The third-order valence-corrected chi connectivity index (χ3v) is 5.83. The van der Waals surface area contributed by atoms with Crippen LogP contribution in [0.3, 0.4) is 0 Å². The Morgan fingerprint density at radius 3 is 2.71 bits per heavy atom. The van der Waals surface area contributed by atoms with Crippen LogP contribution < -0.4 is 5.32 Å². The predicted molar refractivity (Wildman–Crippen MR) is 104 cm³/mol. The molecule has 3 rings (SSSR count). The van der Waals surface area contributed by atoms with Gasteiger partial charge in [-0.25, -0.2) is 4.98 Å². The van der Waals surface area contributed by atoms with Crippen molar-refractivity contribution in [2.75, 3.05) is 0 Å². The van der Waals surface area contributed by atoms with Crippen molar-refractivity contribution in [3.8, 4) is 10.6 Å². The molecule has 1 unspecified atom stereocenters. The third-order valence-electron chi connectivity index (χ3n) is 3.68. The van der Waals surface area contributed by atoms with Gasteiger partial charge in [0.05, 0.1) is 18.2 Å². The summed E-state index contributed by atoms with van der Waals surface area (Å²) in [6.45, 7) is 2.07. The first-order valence-corrected chi connectivity index (χ1v) is 10.3. The Hall–Kier alpha value is -1.50. The first-order chi connectivity index (χ1) is 11.7. The Labute approximate surface area is 157 Å². The van der Waals surface area contributed by atoms with Crippen LogP contribution in [0, 0.1) is 0 Å². The number of halogens is 1. The number of thiophene rings is 1. The molecule has 1 amide bonds. The molecular weight excluding hydrogens is 404 g/mol. The lowest BCUT2D eigenvalue weighted by Gasteiger charge is -2.17. The van der Waals surface area contributed by atoms with Crippen LogP contribution in [-0.2, 0) is 11.2 Å². The molecule has 1 atom stereocenters. The minimum Gasteiger partial charge on any atom is -0.349 e. The summed E-state index contributed by atoms with van der Waals surface area (Å²) in [7, 11) is 0. The minimum atomic E-state index is 0.00642. The summed E-state index contributed by atoms with van der Waals surface area (Å²) >= 11 is 6.67. The summed E-state index contributed by atoms with van der Waals surface area (Å²) in [4.78, 5) is 16.9. The number of amides is 1. The molecule has 0 saturated heterocycles. The molecule has 0 bridgehead atoms. The molecule has 0 saturated carbocycles. The monoisotopic (exact) mass is 420 g/mol. The molecule has 2 heterocycles. The maximum Gasteiger partial charge on any atom is 0.226 e. The number of nitrogens with one attached hydrogen (secondary N) is 1. The highest BCUT2D eigenvalue weighted by molar-refractivity contribution is 9.10. The number of thiazole rings is 1. The second kappa shape index (κ2) is 8.05. The normalized spacial score (nSPS) is 12.1. The van der Waals surface area contributed by atoms with Crippen molar-refractivity contribution in [1.82, 2.24) is 10.3 Å². The van der Waals surface area contributed by atoms with Crippen LogP contribution in [0.1, 0.15) is 30.6 Å². The van der Waals surface area contributed by atoms with Crippen LogP contribution in [0.25, 0.3) is 10.6 Å². The van der Waals surface area contributed by atoms with Gasteiger partial charge < -0.3 is 5.32 Å². The van der Waals surface area contributed by atoms with Gasteiger partial charge in [0, 0.05) is 20.8 Å². The van der Waals surface area contributed by atoms with Crippen LogP contribution in [-0.4, -0.2) is 10.9 Å². The van der Waals surface area contributed by atoms with Crippen LogP contribution in [0.15, 0.2) is 50.9 Å². The number of nitrogens with zero attached hydrogens (tertiary/aromatic N) is 1. The summed E-state index contributed by atoms with van der Waals surface area (Å²) < 4.78 is 1.04. The molecule has 0 aliphatic heterocycles. The largest absolute Gasteiger partial charge is 0.349 e. The topological polar surface area (TPSA) is 42.0 Å². The van der Waals surface area contributed by atoms with E-state index in [2.05, 4.69) is 38.5 Å². The summed E-state index contributed by atoms with van der Waals surface area (Å²) in [6, 6.07) is 10.1. The fraction of sp³-hybridized carbons (Fsp3) is 0.222. The zero-order valence-electron chi connectivity index (χ0n) is 13.2. The first kappa shape index (κ1) is 17.3. The van der Waals surface area contributed by atoms with Crippen molar-refractivity contribution in [2.24, 2.45) is 0 Å². The average Bonchev–Trinajstić information content (AvgIpc) is 3.24. The highest BCUT2D eigenvalue weighted by Crippen LogP contribution is 2.26. The third kappa shape index (κ3) is 4.32. The van der Waals surface area contributed by atoms with Gasteiger partial charge in [0.2, 0.25) is 5.91 Å². The van der Waals surface area contributed by atoms with Gasteiger partial charge in [-0.1, -0.05) is 35.0 Å². The van der Waals surface area contributed by atoms with Gasteiger partial charge in [-0.3, -0.25) is 4.79 Å². The average molecular weight is 421 g/mol. The summed E-state index contributed by atoms with van der Waals surface area (Å²) in [5.74, 6) is 0.00642. The summed E-state index contributed by atoms with van der Waals surface area (Å²) in [5, 5.41) is 10.2. The van der Waals surface area contributed by atoms with E-state index in [4.69, 9.17) is 0 Å². The van der Waals surface area contributed by atoms with Gasteiger partial charge >= 0.3 is 0 Å². The number of hydrogen-bond donors (Lipinski definition) is 1. The zero-order valence-corrected chi connectivity index (χ0v) is 16.4. The number of rotatable bonds is 6. The Kier molecular flexibility index (Phi) is 5.81. The van der Waals surface area contributed by atoms with Crippen molar-refractivity contribution >= 4 is 44.5 Å². The SMILES string of the molecule is CCC(NC(=O)Cc1csc(-c2ccsc2)n1)c1ccc(Br)cc1. The van der Waals surface area contributed by atoms with Crippen molar-refractivity contribution < 1.29 is 4.79 Å². The second-order valence-corrected chi connectivity index (χ2v) is 7.97. The minimum absolute atomic E-state index is 0.00642. The zero-order chi connectivity index (χ0) is 16.9. The van der Waals surface area contributed by atoms with E-state index in [0.717, 1.165) is 32.7 Å². The van der Waals surface area contributed by atoms with E-state index >= 15 is 0 Å². The van der Waals surface area contributed by atoms with Gasteiger partial charge in [0.25, 0.3) is 0 Å². The molecule has 24 heavy (non-hydrogen) atoms. The highest BCUT2D eigenvalue weighted by Gasteiger charge is 2.14. The first-order valence-electron chi connectivity index (χ1n) is 7.67. The quantitative estimate of drug-likeness (QED) is 0.576. The molecule has 0 fully saturated rings. The Morgan fingerprint density at radius 2 is 2.04 bits per heavy atom. The van der Waals surface area contributed by atoms with E-state index in [1.807, 2.05) is 41.1 Å². The Morgan fingerprint density at radius 1 is 1.25 bits per heavy atom. The molecule has 2 aromatic heterocycles. The van der Waals surface area contributed by atoms with E-state index in [1.54, 1.807) is 22.7 Å². The standard InChI is InChI=1S/C18H17BrN2OS2/c1-2-16(12-3-5-14(19)6-4-12)21-17(22)9-15-11-24-18(20-15)13-7-8-23-10-13/h3-8,10-11,16H,2,9H2,1H3,(H,21,22). The van der Waals surface area contributed by atoms with Crippen molar-refractivity contribution in [3.63, 3.8) is 0 Å². The van der Waals surface area contributed by atoms with Crippen LogP contribution >= 0.6 is 38.6 Å². The maximum absolute atomic E-state index is 12.4.